The monoisotopic (exact) mass is 384 g/mol. The van der Waals surface area contributed by atoms with Crippen LogP contribution < -0.4 is 16.4 Å². The highest BCUT2D eigenvalue weighted by Gasteiger charge is 2.13. The summed E-state index contributed by atoms with van der Waals surface area (Å²) in [7, 11) is 0. The van der Waals surface area contributed by atoms with Gasteiger partial charge in [-0.15, -0.1) is 0 Å². The Hall–Kier alpha value is -3.67. The van der Waals surface area contributed by atoms with E-state index in [9.17, 15) is 0 Å². The highest BCUT2D eigenvalue weighted by molar-refractivity contribution is 5.86. The molecule has 0 saturated carbocycles. The van der Waals surface area contributed by atoms with Gasteiger partial charge in [0, 0.05) is 0 Å². The summed E-state index contributed by atoms with van der Waals surface area (Å²) in [6.07, 6.45) is 0. The van der Waals surface area contributed by atoms with Gasteiger partial charge in [0.2, 0.25) is 17.8 Å². The molecule has 1 aromatic heterocycles. The van der Waals surface area contributed by atoms with Crippen LogP contribution in [-0.2, 0) is 0 Å². The largest absolute Gasteiger partial charge is 0.368 e. The number of fused-ring (bicyclic) bond motifs is 1. The number of nitrogens with one attached hydrogen (secondary N) is 2. The van der Waals surface area contributed by atoms with Crippen molar-refractivity contribution in [3.63, 3.8) is 0 Å². The molecule has 1 heterocycles. The maximum Gasteiger partial charge on any atom is 0.229 e. The standard InChI is InChI=1S/C23H24N6/c1-15(17-9-4-3-5-10-17)25-22-27-21(24)28-23(29-22)26-16(2)19-14-8-12-18-11-6-7-13-20(18)19/h3-16H,1-2H3,(H4,24,25,26,27,28,29)/t15-,16-/m1/s1. The molecular formula is C23H24N6. The van der Waals surface area contributed by atoms with Gasteiger partial charge >= 0.3 is 0 Å². The number of anilines is 3. The molecule has 0 amide bonds. The number of aromatic nitrogens is 3. The van der Waals surface area contributed by atoms with Gasteiger partial charge < -0.3 is 16.4 Å². The van der Waals surface area contributed by atoms with Crippen LogP contribution in [0.1, 0.15) is 37.1 Å². The maximum atomic E-state index is 5.94. The first kappa shape index (κ1) is 18.7. The van der Waals surface area contributed by atoms with E-state index in [4.69, 9.17) is 5.73 Å². The quantitative estimate of drug-likeness (QED) is 0.436. The lowest BCUT2D eigenvalue weighted by atomic mass is 10.00. The molecule has 0 aliphatic heterocycles. The molecule has 0 aliphatic carbocycles. The van der Waals surface area contributed by atoms with Crippen molar-refractivity contribution in [1.29, 1.82) is 0 Å². The third-order valence-corrected chi connectivity index (χ3v) is 4.93. The molecule has 29 heavy (non-hydrogen) atoms. The van der Waals surface area contributed by atoms with Gasteiger partial charge in [-0.2, -0.15) is 15.0 Å². The second kappa shape index (κ2) is 8.14. The Balaban J connectivity index is 1.56. The van der Waals surface area contributed by atoms with Crippen LogP contribution in [0, 0.1) is 0 Å². The normalized spacial score (nSPS) is 13.0. The second-order valence-electron chi connectivity index (χ2n) is 7.05. The molecule has 0 spiro atoms. The third-order valence-electron chi connectivity index (χ3n) is 4.93. The smallest absolute Gasteiger partial charge is 0.229 e. The summed E-state index contributed by atoms with van der Waals surface area (Å²) in [5, 5.41) is 9.07. The van der Waals surface area contributed by atoms with Crippen LogP contribution >= 0.6 is 0 Å². The van der Waals surface area contributed by atoms with Gasteiger partial charge in [0.1, 0.15) is 0 Å². The maximum absolute atomic E-state index is 5.94. The molecule has 0 saturated heterocycles. The van der Waals surface area contributed by atoms with Gasteiger partial charge in [0.15, 0.2) is 0 Å². The van der Waals surface area contributed by atoms with Crippen molar-refractivity contribution in [3.05, 3.63) is 83.9 Å². The van der Waals surface area contributed by atoms with Crippen LogP contribution in [0.4, 0.5) is 17.8 Å². The van der Waals surface area contributed by atoms with Crippen molar-refractivity contribution in [1.82, 2.24) is 15.0 Å². The zero-order chi connectivity index (χ0) is 20.2. The fourth-order valence-corrected chi connectivity index (χ4v) is 3.44. The molecule has 6 heteroatoms. The summed E-state index contributed by atoms with van der Waals surface area (Å²) in [4.78, 5) is 13.0. The molecule has 4 rings (SSSR count). The Labute approximate surface area is 170 Å². The first-order valence-corrected chi connectivity index (χ1v) is 9.67. The van der Waals surface area contributed by atoms with Gasteiger partial charge in [-0.25, -0.2) is 0 Å². The summed E-state index contributed by atoms with van der Waals surface area (Å²) in [6, 6.07) is 24.8. The van der Waals surface area contributed by atoms with Crippen molar-refractivity contribution >= 4 is 28.6 Å². The first-order chi connectivity index (χ1) is 14.1. The summed E-state index contributed by atoms with van der Waals surface area (Å²) >= 11 is 0. The molecule has 4 aromatic rings. The van der Waals surface area contributed by atoms with E-state index in [2.05, 4.69) is 81.9 Å². The number of benzene rings is 3. The average molecular weight is 384 g/mol. The van der Waals surface area contributed by atoms with Crippen LogP contribution in [0.15, 0.2) is 72.8 Å². The van der Waals surface area contributed by atoms with Crippen molar-refractivity contribution in [2.75, 3.05) is 16.4 Å². The zero-order valence-electron chi connectivity index (χ0n) is 16.5. The number of nitrogens with two attached hydrogens (primary N) is 1. The minimum atomic E-state index is 0.00213. The van der Waals surface area contributed by atoms with E-state index in [0.29, 0.717) is 11.9 Å². The van der Waals surface area contributed by atoms with E-state index in [1.165, 1.54) is 16.3 Å². The molecular weight excluding hydrogens is 360 g/mol. The van der Waals surface area contributed by atoms with Crippen LogP contribution in [-0.4, -0.2) is 15.0 Å². The summed E-state index contributed by atoms with van der Waals surface area (Å²) in [5.41, 5.74) is 8.26. The van der Waals surface area contributed by atoms with Gasteiger partial charge in [-0.1, -0.05) is 72.8 Å². The number of nitrogens with zero attached hydrogens (tertiary/aromatic N) is 3. The summed E-state index contributed by atoms with van der Waals surface area (Å²) < 4.78 is 0. The Bertz CT molecular complexity index is 1110. The van der Waals surface area contributed by atoms with E-state index in [0.717, 1.165) is 5.56 Å². The topological polar surface area (TPSA) is 88.8 Å². The van der Waals surface area contributed by atoms with Gasteiger partial charge in [0.05, 0.1) is 12.1 Å². The molecule has 0 fully saturated rings. The molecule has 0 radical (unpaired) electrons. The Kier molecular flexibility index (Phi) is 5.24. The average Bonchev–Trinajstić information content (AvgIpc) is 2.73. The number of rotatable bonds is 6. The molecule has 6 nitrogen and oxygen atoms in total. The van der Waals surface area contributed by atoms with E-state index in [1.807, 2.05) is 30.3 Å². The Morgan fingerprint density at radius 3 is 2.07 bits per heavy atom. The lowest BCUT2D eigenvalue weighted by molar-refractivity contribution is 0.838. The van der Waals surface area contributed by atoms with Crippen molar-refractivity contribution < 1.29 is 0 Å². The minimum absolute atomic E-state index is 0.00213. The molecule has 2 atom stereocenters. The number of nitrogen functional groups attached to an aromatic ring is 1. The molecule has 146 valence electrons. The van der Waals surface area contributed by atoms with E-state index < -0.39 is 0 Å². The summed E-state index contributed by atoms with van der Waals surface area (Å²) in [6.45, 7) is 4.14. The van der Waals surface area contributed by atoms with E-state index in [-0.39, 0.29) is 18.0 Å². The summed E-state index contributed by atoms with van der Waals surface area (Å²) in [5.74, 6) is 1.07. The van der Waals surface area contributed by atoms with E-state index in [1.54, 1.807) is 0 Å². The zero-order valence-corrected chi connectivity index (χ0v) is 16.5. The second-order valence-corrected chi connectivity index (χ2v) is 7.05. The predicted octanol–water partition coefficient (Wildman–Crippen LogP) is 4.95. The Morgan fingerprint density at radius 1 is 0.690 bits per heavy atom. The van der Waals surface area contributed by atoms with Crippen LogP contribution in [0.2, 0.25) is 0 Å². The SMILES string of the molecule is C[C@@H](Nc1nc(N)nc(N[C@H](C)c2cccc3ccccc23)n1)c1ccccc1. The highest BCUT2D eigenvalue weighted by Crippen LogP contribution is 2.26. The van der Waals surface area contributed by atoms with Gasteiger partial charge in [-0.05, 0) is 35.7 Å². The van der Waals surface area contributed by atoms with Gasteiger partial charge in [-0.3, -0.25) is 0 Å². The first-order valence-electron chi connectivity index (χ1n) is 9.67. The third kappa shape index (κ3) is 4.27. The molecule has 0 aliphatic rings. The van der Waals surface area contributed by atoms with Crippen LogP contribution in [0.3, 0.4) is 0 Å². The van der Waals surface area contributed by atoms with Crippen LogP contribution in [0.25, 0.3) is 10.8 Å². The van der Waals surface area contributed by atoms with Crippen LogP contribution in [0.5, 0.6) is 0 Å². The van der Waals surface area contributed by atoms with Crippen molar-refractivity contribution in [2.24, 2.45) is 0 Å². The minimum Gasteiger partial charge on any atom is -0.368 e. The lowest BCUT2D eigenvalue weighted by Gasteiger charge is -2.18. The van der Waals surface area contributed by atoms with Crippen molar-refractivity contribution in [3.8, 4) is 0 Å². The fourth-order valence-electron chi connectivity index (χ4n) is 3.44. The highest BCUT2D eigenvalue weighted by atomic mass is 15.3. The Morgan fingerprint density at radius 2 is 1.31 bits per heavy atom. The fraction of sp³-hybridized carbons (Fsp3) is 0.174. The number of hydrogen-bond donors (Lipinski definition) is 3. The lowest BCUT2D eigenvalue weighted by Crippen LogP contribution is -2.15. The number of hydrogen-bond acceptors (Lipinski definition) is 6. The predicted molar refractivity (Wildman–Crippen MR) is 119 cm³/mol. The van der Waals surface area contributed by atoms with Gasteiger partial charge in [0.25, 0.3) is 0 Å². The molecule has 0 unspecified atom stereocenters. The molecule has 4 N–H and O–H groups in total. The molecule has 3 aromatic carbocycles. The molecule has 0 bridgehead atoms. The van der Waals surface area contributed by atoms with E-state index >= 15 is 0 Å². The van der Waals surface area contributed by atoms with Crippen molar-refractivity contribution in [2.45, 2.75) is 25.9 Å².